The molecule has 5 N–H and O–H groups in total. The van der Waals surface area contributed by atoms with Gasteiger partial charge in [-0.3, -0.25) is 9.59 Å². The molecule has 45 heavy (non-hydrogen) atoms. The first-order valence-electron chi connectivity index (χ1n) is 13.4. The third-order valence-corrected chi connectivity index (χ3v) is 8.38. The van der Waals surface area contributed by atoms with Crippen LogP contribution in [0.1, 0.15) is 19.5 Å². The fraction of sp³-hybridized carbons (Fsp3) is 0.440. The minimum atomic E-state index is -5.26. The van der Waals surface area contributed by atoms with Crippen molar-refractivity contribution in [1.29, 1.82) is 0 Å². The quantitative estimate of drug-likeness (QED) is 0.0405. The number of fused-ring (bicyclic) bond motifs is 1. The number of benzene rings is 1. The van der Waals surface area contributed by atoms with Crippen molar-refractivity contribution in [2.45, 2.75) is 38.1 Å². The second-order valence-electron chi connectivity index (χ2n) is 10.9. The number of oxime groups is 1. The van der Waals surface area contributed by atoms with E-state index in [2.05, 4.69) is 29.7 Å². The number of carboxylic acids is 1. The maximum atomic E-state index is 13.2. The monoisotopic (exact) mass is 666 g/mol. The number of aryl methyl sites for hydroxylation is 1. The lowest BCUT2D eigenvalue weighted by Crippen LogP contribution is -2.76. The molecule has 20 heteroatoms. The number of rotatable bonds is 13. The van der Waals surface area contributed by atoms with Gasteiger partial charge >= 0.3 is 5.97 Å². The van der Waals surface area contributed by atoms with Crippen molar-refractivity contribution in [3.8, 4) is 5.75 Å². The number of amides is 2. The summed E-state index contributed by atoms with van der Waals surface area (Å²) < 4.78 is 47.0. The van der Waals surface area contributed by atoms with Crippen molar-refractivity contribution in [3.05, 3.63) is 35.5 Å². The van der Waals surface area contributed by atoms with Crippen LogP contribution < -0.4 is 25.8 Å². The molecule has 0 saturated carbocycles. The van der Waals surface area contributed by atoms with Crippen molar-refractivity contribution in [1.82, 2.24) is 25.4 Å². The fourth-order valence-electron chi connectivity index (χ4n) is 4.78. The van der Waals surface area contributed by atoms with Crippen molar-refractivity contribution in [3.63, 3.8) is 0 Å². The first-order valence-corrected chi connectivity index (χ1v) is 15.7. The number of hydrogen-bond acceptors (Lipinski definition) is 14. The number of carbonyl (C=O) groups is 3. The van der Waals surface area contributed by atoms with Gasteiger partial charge < -0.3 is 35.6 Å². The molecule has 0 aliphatic carbocycles. The van der Waals surface area contributed by atoms with Crippen LogP contribution in [0, 0.1) is 5.92 Å². The second kappa shape index (κ2) is 12.2. The number of nitrogens with zero attached hydrogens (tertiary/aromatic N) is 5. The molecular formula is C25H30N8O10S2. The lowest BCUT2D eigenvalue weighted by Gasteiger charge is -2.51. The maximum absolute atomic E-state index is 13.2. The summed E-state index contributed by atoms with van der Waals surface area (Å²) in [5, 5.41) is 21.7. The van der Waals surface area contributed by atoms with Gasteiger partial charge in [-0.1, -0.05) is 5.16 Å². The normalized spacial score (nSPS) is 19.1. The number of β-lactam (4-membered cyclic amide) rings is 1. The largest absolute Gasteiger partial charge is 0.724 e. The maximum Gasteiger partial charge on any atom is 0.351 e. The molecule has 0 spiro atoms. The number of thiazole rings is 1. The van der Waals surface area contributed by atoms with Gasteiger partial charge in [0.15, 0.2) is 17.4 Å². The lowest BCUT2D eigenvalue weighted by molar-refractivity contribution is -0.776. The summed E-state index contributed by atoms with van der Waals surface area (Å²) >= 11 is 0.961. The highest BCUT2D eigenvalue weighted by atomic mass is 32.3. The number of aromatic nitrogens is 3. The van der Waals surface area contributed by atoms with E-state index in [0.29, 0.717) is 16.7 Å². The molecular weight excluding hydrogens is 636 g/mol. The summed E-state index contributed by atoms with van der Waals surface area (Å²) in [6, 6.07) is 3.97. The molecule has 18 nitrogen and oxygen atoms in total. The molecule has 2 atom stereocenters. The van der Waals surface area contributed by atoms with E-state index in [4.69, 9.17) is 15.3 Å². The van der Waals surface area contributed by atoms with E-state index in [-0.39, 0.29) is 10.8 Å². The molecule has 2 saturated heterocycles. The third-order valence-electron chi connectivity index (χ3n) is 7.38. The Morgan fingerprint density at radius 2 is 2.11 bits per heavy atom. The van der Waals surface area contributed by atoms with Crippen LogP contribution in [0.25, 0.3) is 10.9 Å². The number of nitrogens with two attached hydrogens (primary N) is 1. The predicted octanol–water partition coefficient (Wildman–Crippen LogP) is -1.53. The standard InChI is InChI=1S/C25H30N8O10S2/c1-25(2)20(22(35)33(25)43-45(38,39)40)29-21(34)19(16-12-44-24(26)28-16)30-42-18(23(36)37)11-41-15-4-5-17-14(6-15)10-32(31(17)3)9-13-7-27-8-13/h4-6,10,12-13,18,20,27H,7-9,11H2,1-3H3,(H4-,26,28,29,34,36,37,38,39,40)/b30-19-/t18-,20-/m1/s1. The van der Waals surface area contributed by atoms with E-state index in [9.17, 15) is 32.5 Å². The van der Waals surface area contributed by atoms with Gasteiger partial charge in [0.1, 0.15) is 29.6 Å². The third kappa shape index (κ3) is 6.83. The number of hydroxylamine groups is 2. The summed E-state index contributed by atoms with van der Waals surface area (Å²) in [5.74, 6) is -2.56. The number of nitrogen functional groups attached to an aromatic ring is 1. The average Bonchev–Trinajstić information content (AvgIpc) is 3.50. The van der Waals surface area contributed by atoms with E-state index in [0.717, 1.165) is 41.9 Å². The van der Waals surface area contributed by atoms with Crippen LogP contribution >= 0.6 is 11.3 Å². The molecule has 2 fully saturated rings. The lowest BCUT2D eigenvalue weighted by atomic mass is 9.84. The number of anilines is 1. The molecule has 2 aliphatic heterocycles. The minimum Gasteiger partial charge on any atom is -0.724 e. The van der Waals surface area contributed by atoms with E-state index in [1.54, 1.807) is 12.1 Å². The highest BCUT2D eigenvalue weighted by molar-refractivity contribution is 7.80. The Morgan fingerprint density at radius 1 is 1.38 bits per heavy atom. The van der Waals surface area contributed by atoms with Crippen LogP contribution in [0.2, 0.25) is 0 Å². The van der Waals surface area contributed by atoms with E-state index >= 15 is 0 Å². The number of aliphatic carboxylic acids is 1. The number of carbonyl (C=O) groups excluding carboxylic acids is 2. The van der Waals surface area contributed by atoms with Crippen LogP contribution in [-0.4, -0.2) is 93.7 Å². The molecule has 2 aromatic heterocycles. The average molecular weight is 667 g/mol. The Hall–Kier alpha value is -4.37. The van der Waals surface area contributed by atoms with Crippen molar-refractivity contribution < 1.29 is 51.0 Å². The summed E-state index contributed by atoms with van der Waals surface area (Å²) in [6.07, 6.45) is 0.318. The molecule has 5 rings (SSSR count). The number of carboxylic acid groups (broad SMARTS) is 1. The highest BCUT2D eigenvalue weighted by Gasteiger charge is 2.57. The van der Waals surface area contributed by atoms with Crippen molar-refractivity contribution in [2.24, 2.45) is 18.1 Å². The molecule has 1 aromatic carbocycles. The number of hydrogen-bond donors (Lipinski definition) is 4. The Kier molecular flexibility index (Phi) is 8.68. The Labute approximate surface area is 260 Å². The zero-order chi connectivity index (χ0) is 32.7. The zero-order valence-electron chi connectivity index (χ0n) is 24.2. The molecule has 0 unspecified atom stereocenters. The SMILES string of the molecule is Cn1c2ccc(OC[C@@H](O/N=C(\C(=O)N[C@@H]3C(=O)N(OS(=O)(=O)[O-])C3(C)C)c3csc(N)n3)C(=O)O)cc2c[n+]1CC1CNC1. The Balaban J connectivity index is 1.29. The second-order valence-corrected chi connectivity index (χ2v) is 12.8. The van der Waals surface area contributed by atoms with E-state index < -0.39 is 58.2 Å². The summed E-state index contributed by atoms with van der Waals surface area (Å²) in [7, 11) is -3.31. The van der Waals surface area contributed by atoms with Gasteiger partial charge in [0.25, 0.3) is 17.9 Å². The summed E-state index contributed by atoms with van der Waals surface area (Å²) in [6.45, 7) is 4.97. The smallest absolute Gasteiger partial charge is 0.351 e. The Bertz CT molecular complexity index is 1780. The van der Waals surface area contributed by atoms with Crippen LogP contribution in [-0.2, 0) is 47.5 Å². The zero-order valence-corrected chi connectivity index (χ0v) is 25.8. The predicted molar refractivity (Wildman–Crippen MR) is 154 cm³/mol. The van der Waals surface area contributed by atoms with E-state index in [1.165, 1.54) is 19.2 Å². The summed E-state index contributed by atoms with van der Waals surface area (Å²) in [5.41, 5.74) is 4.59. The molecule has 2 amide bonds. The van der Waals surface area contributed by atoms with Crippen LogP contribution in [0.5, 0.6) is 5.75 Å². The van der Waals surface area contributed by atoms with Gasteiger partial charge in [-0.2, -0.15) is 14.0 Å². The first kappa shape index (κ1) is 32.0. The molecule has 0 radical (unpaired) electrons. The number of nitrogens with one attached hydrogen (secondary N) is 2. The van der Waals surface area contributed by atoms with Crippen LogP contribution in [0.15, 0.2) is 34.9 Å². The van der Waals surface area contributed by atoms with Gasteiger partial charge in [0.2, 0.25) is 16.6 Å². The highest BCUT2D eigenvalue weighted by Crippen LogP contribution is 2.33. The van der Waals surface area contributed by atoms with Gasteiger partial charge in [-0.05, 0) is 32.0 Å². The topological polar surface area (TPSA) is 244 Å². The number of ether oxygens (including phenoxy) is 1. The molecule has 4 heterocycles. The minimum absolute atomic E-state index is 0.0610. The van der Waals surface area contributed by atoms with Gasteiger partial charge in [-0.15, -0.1) is 16.0 Å². The van der Waals surface area contributed by atoms with Gasteiger partial charge in [-0.25, -0.2) is 18.2 Å². The summed E-state index contributed by atoms with van der Waals surface area (Å²) in [4.78, 5) is 46.9. The van der Waals surface area contributed by atoms with E-state index in [1.807, 2.05) is 24.0 Å². The van der Waals surface area contributed by atoms with Crippen molar-refractivity contribution >= 4 is 61.3 Å². The van der Waals surface area contributed by atoms with Crippen molar-refractivity contribution in [2.75, 3.05) is 25.4 Å². The molecule has 3 aromatic rings. The van der Waals surface area contributed by atoms with Crippen LogP contribution in [0.3, 0.4) is 0 Å². The Morgan fingerprint density at radius 3 is 2.69 bits per heavy atom. The molecule has 2 aliphatic rings. The van der Waals surface area contributed by atoms with Gasteiger partial charge in [0, 0.05) is 24.4 Å². The molecule has 0 bridgehead atoms. The van der Waals surface area contributed by atoms with Gasteiger partial charge in [0.05, 0.1) is 18.0 Å². The first-order chi connectivity index (χ1) is 21.1. The fourth-order valence-corrected chi connectivity index (χ4v) is 5.77. The van der Waals surface area contributed by atoms with Crippen LogP contribution in [0.4, 0.5) is 5.13 Å². The molecule has 242 valence electrons.